The number of carbonyl (C=O) groups is 3. The Labute approximate surface area is 231 Å². The number of nitrogens with zero attached hydrogens (tertiary/aromatic N) is 2. The van der Waals surface area contributed by atoms with E-state index in [0.717, 1.165) is 16.2 Å². The van der Waals surface area contributed by atoms with Gasteiger partial charge in [-0.15, -0.1) is 5.53 Å². The largest absolute Gasteiger partial charge is 0.469 e. The second-order valence-electron chi connectivity index (χ2n) is 8.65. The molecule has 0 aliphatic carbocycles. The maximum Gasteiger partial charge on any atom is 0.341 e. The zero-order valence-electron chi connectivity index (χ0n) is 22.0. The van der Waals surface area contributed by atoms with Crippen molar-refractivity contribution in [2.24, 2.45) is 5.92 Å². The summed E-state index contributed by atoms with van der Waals surface area (Å²) in [6.07, 6.45) is 1.64. The molecule has 0 aliphatic rings. The Hall–Kier alpha value is -4.35. The van der Waals surface area contributed by atoms with E-state index in [1.807, 2.05) is 19.1 Å². The van der Waals surface area contributed by atoms with Crippen LogP contribution in [0.5, 0.6) is 11.5 Å². The van der Waals surface area contributed by atoms with E-state index in [0.29, 0.717) is 22.2 Å². The Bertz CT molecular complexity index is 1260. The third-order valence-corrected chi connectivity index (χ3v) is 6.10. The summed E-state index contributed by atoms with van der Waals surface area (Å²) >= 11 is 5.91. The molecular formula is C27H31ClN6O5. The van der Waals surface area contributed by atoms with Gasteiger partial charge in [0.25, 0.3) is 0 Å². The molecule has 0 saturated carbocycles. The van der Waals surface area contributed by atoms with Crippen LogP contribution in [0, 0.1) is 12.8 Å². The first-order valence-electron chi connectivity index (χ1n) is 12.1. The number of aromatic nitrogens is 1. The molecule has 11 nitrogen and oxygen atoms in total. The lowest BCUT2D eigenvalue weighted by molar-refractivity contribution is -0.146. The molecule has 12 heteroatoms. The number of pyridine rings is 1. The van der Waals surface area contributed by atoms with Crippen LogP contribution in [0.1, 0.15) is 25.1 Å². The molecule has 1 aromatic heterocycles. The van der Waals surface area contributed by atoms with Crippen LogP contribution in [0.25, 0.3) is 0 Å². The van der Waals surface area contributed by atoms with E-state index in [-0.39, 0.29) is 6.54 Å². The van der Waals surface area contributed by atoms with Crippen LogP contribution in [-0.2, 0) is 16.1 Å². The van der Waals surface area contributed by atoms with E-state index in [1.54, 1.807) is 68.6 Å². The van der Waals surface area contributed by atoms with Crippen molar-refractivity contribution in [1.82, 2.24) is 26.2 Å². The van der Waals surface area contributed by atoms with E-state index in [2.05, 4.69) is 26.7 Å². The van der Waals surface area contributed by atoms with Gasteiger partial charge in [0.1, 0.15) is 11.5 Å². The lowest BCUT2D eigenvalue weighted by Crippen LogP contribution is -2.58. The maximum atomic E-state index is 13.0. The fourth-order valence-electron chi connectivity index (χ4n) is 3.41. The van der Waals surface area contributed by atoms with Gasteiger partial charge in [-0.25, -0.2) is 14.5 Å². The molecule has 2 aromatic carbocycles. The normalized spacial score (nSPS) is 12.0. The average molecular weight is 555 g/mol. The van der Waals surface area contributed by atoms with Crippen molar-refractivity contribution in [3.8, 4) is 11.5 Å². The molecular weight excluding hydrogens is 524 g/mol. The van der Waals surface area contributed by atoms with Crippen molar-refractivity contribution in [2.75, 3.05) is 12.5 Å². The number of hydrogen-bond donors (Lipinski definition) is 4. The number of urea groups is 2. The minimum Gasteiger partial charge on any atom is -0.469 e. The Balaban J connectivity index is 1.59. The van der Waals surface area contributed by atoms with Gasteiger partial charge in [0.15, 0.2) is 0 Å². The van der Waals surface area contributed by atoms with Crippen LogP contribution in [0.2, 0.25) is 5.02 Å². The third kappa shape index (κ3) is 8.59. The smallest absolute Gasteiger partial charge is 0.341 e. The molecule has 3 aromatic rings. The van der Waals surface area contributed by atoms with Crippen molar-refractivity contribution in [3.05, 3.63) is 83.1 Å². The van der Waals surface area contributed by atoms with Gasteiger partial charge >= 0.3 is 18.0 Å². The molecule has 0 fully saturated rings. The monoisotopic (exact) mass is 554 g/mol. The predicted octanol–water partition coefficient (Wildman–Crippen LogP) is 4.79. The van der Waals surface area contributed by atoms with Crippen molar-refractivity contribution in [2.45, 2.75) is 33.4 Å². The van der Waals surface area contributed by atoms with Gasteiger partial charge < -0.3 is 20.2 Å². The van der Waals surface area contributed by atoms with E-state index < -0.39 is 30.0 Å². The standard InChI is InChI=1S/C27H31ClN6O5/c1-17-5-12-24(16-29-17)39-23-13-10-22(11-14-23)31-33-32-27(37)34(19(3)18(2)25(35)38-4)26(36)30-15-20-6-8-21(28)9-7-20/h5-14,16,18-19,31,33H,15H2,1-4H3,(H,30,36)(H,32,37)/t18-,19+/m1/s1. The number of imide groups is 1. The molecule has 0 aliphatic heterocycles. The highest BCUT2D eigenvalue weighted by molar-refractivity contribution is 6.30. The topological polar surface area (TPSA) is 134 Å². The summed E-state index contributed by atoms with van der Waals surface area (Å²) in [4.78, 5) is 43.3. The maximum absolute atomic E-state index is 13.0. The van der Waals surface area contributed by atoms with Gasteiger partial charge in [-0.05, 0) is 74.9 Å². The van der Waals surface area contributed by atoms with Crippen LogP contribution < -0.4 is 26.4 Å². The highest BCUT2D eigenvalue weighted by Crippen LogP contribution is 2.22. The van der Waals surface area contributed by atoms with Gasteiger partial charge in [0.05, 0.1) is 31.0 Å². The first-order valence-corrected chi connectivity index (χ1v) is 12.5. The van der Waals surface area contributed by atoms with Crippen molar-refractivity contribution >= 4 is 35.3 Å². The summed E-state index contributed by atoms with van der Waals surface area (Å²) in [5, 5.41) is 3.26. The molecule has 2 atom stereocenters. The number of anilines is 1. The molecule has 4 amide bonds. The Kier molecular flexibility index (Phi) is 10.5. The number of rotatable bonds is 10. The number of aryl methyl sites for hydroxylation is 1. The fourth-order valence-corrected chi connectivity index (χ4v) is 3.53. The van der Waals surface area contributed by atoms with E-state index in [4.69, 9.17) is 21.1 Å². The Morgan fingerprint density at radius 2 is 1.62 bits per heavy atom. The molecule has 0 bridgehead atoms. The quantitative estimate of drug-likeness (QED) is 0.208. The van der Waals surface area contributed by atoms with E-state index >= 15 is 0 Å². The van der Waals surface area contributed by atoms with Gasteiger partial charge in [-0.2, -0.15) is 0 Å². The molecule has 0 radical (unpaired) electrons. The predicted molar refractivity (Wildman–Crippen MR) is 147 cm³/mol. The van der Waals surface area contributed by atoms with Crippen LogP contribution in [-0.4, -0.2) is 41.1 Å². The van der Waals surface area contributed by atoms with Gasteiger partial charge in [0.2, 0.25) is 0 Å². The van der Waals surface area contributed by atoms with E-state index in [9.17, 15) is 14.4 Å². The molecule has 4 N–H and O–H groups in total. The van der Waals surface area contributed by atoms with Crippen LogP contribution >= 0.6 is 11.6 Å². The number of hydrazine groups is 2. The lowest BCUT2D eigenvalue weighted by Gasteiger charge is -2.30. The molecule has 0 spiro atoms. The second kappa shape index (κ2) is 14.0. The minimum absolute atomic E-state index is 0.151. The minimum atomic E-state index is -0.822. The Morgan fingerprint density at radius 3 is 2.23 bits per heavy atom. The first kappa shape index (κ1) is 29.2. The number of benzene rings is 2. The van der Waals surface area contributed by atoms with Crippen LogP contribution in [0.4, 0.5) is 15.3 Å². The summed E-state index contributed by atoms with van der Waals surface area (Å²) in [6, 6.07) is 15.2. The molecule has 206 valence electrons. The molecule has 1 heterocycles. The number of nitrogens with one attached hydrogen (secondary N) is 4. The number of hydrogen-bond acceptors (Lipinski definition) is 8. The molecule has 0 saturated heterocycles. The van der Waals surface area contributed by atoms with Crippen molar-refractivity contribution in [3.63, 3.8) is 0 Å². The summed E-state index contributed by atoms with van der Waals surface area (Å²) in [7, 11) is 1.25. The van der Waals surface area contributed by atoms with E-state index in [1.165, 1.54) is 7.11 Å². The number of esters is 1. The number of amides is 4. The number of carbonyl (C=O) groups excluding carboxylic acids is 3. The average Bonchev–Trinajstić information content (AvgIpc) is 2.94. The summed E-state index contributed by atoms with van der Waals surface area (Å²) in [5.41, 5.74) is 10.1. The van der Waals surface area contributed by atoms with Gasteiger partial charge in [0, 0.05) is 17.3 Å². The summed E-state index contributed by atoms with van der Waals surface area (Å²) in [5.74, 6) is -0.118. The fraction of sp³-hybridized carbons (Fsp3) is 0.259. The summed E-state index contributed by atoms with van der Waals surface area (Å²) < 4.78 is 10.5. The third-order valence-electron chi connectivity index (χ3n) is 5.85. The van der Waals surface area contributed by atoms with Crippen LogP contribution in [0.15, 0.2) is 66.9 Å². The summed E-state index contributed by atoms with van der Waals surface area (Å²) in [6.45, 7) is 5.20. The number of ether oxygens (including phenoxy) is 2. The second-order valence-corrected chi connectivity index (χ2v) is 9.09. The first-order chi connectivity index (χ1) is 18.7. The van der Waals surface area contributed by atoms with Crippen molar-refractivity contribution in [1.29, 1.82) is 0 Å². The van der Waals surface area contributed by atoms with Crippen molar-refractivity contribution < 1.29 is 23.9 Å². The van der Waals surface area contributed by atoms with Gasteiger partial charge in [-0.1, -0.05) is 23.7 Å². The zero-order chi connectivity index (χ0) is 28.4. The lowest BCUT2D eigenvalue weighted by atomic mass is 10.0. The molecule has 39 heavy (non-hydrogen) atoms. The number of methoxy groups -OCH3 is 1. The highest BCUT2D eigenvalue weighted by atomic mass is 35.5. The highest BCUT2D eigenvalue weighted by Gasteiger charge is 2.34. The molecule has 0 unspecified atom stereocenters. The molecule has 3 rings (SSSR count). The van der Waals surface area contributed by atoms with Crippen LogP contribution in [0.3, 0.4) is 0 Å². The zero-order valence-corrected chi connectivity index (χ0v) is 22.8. The number of halogens is 1. The Morgan fingerprint density at radius 1 is 0.949 bits per heavy atom. The SMILES string of the molecule is COC(=O)[C@H](C)[C@H](C)N(C(=O)NCc1ccc(Cl)cc1)C(=O)NNNc1ccc(Oc2ccc(C)nc2)cc1. The van der Waals surface area contributed by atoms with Gasteiger partial charge in [-0.3, -0.25) is 15.2 Å².